The molecule has 0 bridgehead atoms. The molecule has 0 amide bonds. The van der Waals surface area contributed by atoms with Crippen molar-refractivity contribution in [3.8, 4) is 5.75 Å². The SMILES string of the molecule is CS(=O)(=O)CP(=O)(Oc1cc([N+](=O)[O-])cc([N+](=O)[O-])c1)c1ccccc1. The fraction of sp³-hybridized carbons (Fsp3) is 0.143. The topological polar surface area (TPSA) is 147 Å². The smallest absolute Gasteiger partial charge is 0.292 e. The van der Waals surface area contributed by atoms with Gasteiger partial charge in [0.1, 0.15) is 11.2 Å². The van der Waals surface area contributed by atoms with Crippen molar-refractivity contribution in [3.05, 3.63) is 68.8 Å². The van der Waals surface area contributed by atoms with Gasteiger partial charge in [0.25, 0.3) is 18.7 Å². The van der Waals surface area contributed by atoms with Crippen molar-refractivity contribution in [2.75, 3.05) is 11.7 Å². The third-order valence-electron chi connectivity index (χ3n) is 3.10. The number of non-ortho nitro benzene ring substituents is 2. The summed E-state index contributed by atoms with van der Waals surface area (Å²) in [4.78, 5) is 20.2. The van der Waals surface area contributed by atoms with Crippen LogP contribution >= 0.6 is 7.37 Å². The third kappa shape index (κ3) is 4.87. The number of sulfone groups is 1. The Morgan fingerprint density at radius 2 is 1.50 bits per heavy atom. The molecule has 26 heavy (non-hydrogen) atoms. The van der Waals surface area contributed by atoms with Gasteiger partial charge in [0.2, 0.25) is 0 Å². The normalized spacial score (nSPS) is 13.6. The fourth-order valence-electron chi connectivity index (χ4n) is 2.12. The molecule has 138 valence electrons. The van der Waals surface area contributed by atoms with Crippen LogP contribution in [0.4, 0.5) is 11.4 Å². The lowest BCUT2D eigenvalue weighted by Crippen LogP contribution is -2.17. The monoisotopic (exact) mass is 400 g/mol. The maximum atomic E-state index is 13.2. The first-order valence-electron chi connectivity index (χ1n) is 6.96. The van der Waals surface area contributed by atoms with E-state index in [1.54, 1.807) is 6.07 Å². The molecule has 0 aliphatic carbocycles. The molecule has 2 rings (SSSR count). The quantitative estimate of drug-likeness (QED) is 0.391. The molecule has 0 aliphatic rings. The Kier molecular flexibility index (Phi) is 5.43. The van der Waals surface area contributed by atoms with Gasteiger partial charge in [-0.2, -0.15) is 0 Å². The van der Waals surface area contributed by atoms with E-state index in [-0.39, 0.29) is 5.30 Å². The van der Waals surface area contributed by atoms with E-state index in [1.165, 1.54) is 24.3 Å². The number of nitro benzene ring substituents is 2. The van der Waals surface area contributed by atoms with Crippen molar-refractivity contribution in [2.45, 2.75) is 0 Å². The number of nitro groups is 2. The predicted octanol–water partition coefficient (Wildman–Crippen LogP) is 2.49. The van der Waals surface area contributed by atoms with Crippen LogP contribution in [-0.2, 0) is 14.4 Å². The third-order valence-corrected chi connectivity index (χ3v) is 7.93. The Hall–Kier alpha value is -2.78. The Morgan fingerprint density at radius 1 is 1.00 bits per heavy atom. The zero-order valence-corrected chi connectivity index (χ0v) is 15.1. The van der Waals surface area contributed by atoms with Crippen LogP contribution in [0.5, 0.6) is 5.75 Å². The summed E-state index contributed by atoms with van der Waals surface area (Å²) in [5.74, 6) is -0.429. The zero-order chi connectivity index (χ0) is 19.5. The number of rotatable bonds is 7. The van der Waals surface area contributed by atoms with Crippen LogP contribution in [0.1, 0.15) is 0 Å². The second kappa shape index (κ2) is 7.22. The van der Waals surface area contributed by atoms with Gasteiger partial charge in [-0.25, -0.2) is 8.42 Å². The summed E-state index contributed by atoms with van der Waals surface area (Å²) in [6, 6.07) is 9.85. The van der Waals surface area contributed by atoms with Gasteiger partial charge in [0, 0.05) is 11.6 Å². The first-order valence-corrected chi connectivity index (χ1v) is 10.8. The van der Waals surface area contributed by atoms with Crippen molar-refractivity contribution in [2.24, 2.45) is 0 Å². The Bertz CT molecular complexity index is 975. The maximum Gasteiger partial charge on any atom is 0.292 e. The van der Waals surface area contributed by atoms with Gasteiger partial charge in [0.05, 0.1) is 28.0 Å². The van der Waals surface area contributed by atoms with Crippen molar-refractivity contribution in [1.82, 2.24) is 0 Å². The van der Waals surface area contributed by atoms with Gasteiger partial charge in [-0.05, 0) is 12.1 Å². The van der Waals surface area contributed by atoms with Gasteiger partial charge in [-0.3, -0.25) is 24.8 Å². The molecular formula is C14H13N2O8PS. The molecule has 0 spiro atoms. The van der Waals surface area contributed by atoms with Gasteiger partial charge in [-0.1, -0.05) is 18.2 Å². The molecule has 0 N–H and O–H groups in total. The highest BCUT2D eigenvalue weighted by molar-refractivity contribution is 7.99. The molecule has 0 saturated heterocycles. The Morgan fingerprint density at radius 3 is 1.92 bits per heavy atom. The summed E-state index contributed by atoms with van der Waals surface area (Å²) in [6.45, 7) is 0. The summed E-state index contributed by atoms with van der Waals surface area (Å²) >= 11 is 0. The number of hydrogen-bond donors (Lipinski definition) is 0. The zero-order valence-electron chi connectivity index (χ0n) is 13.3. The molecule has 0 fully saturated rings. The van der Waals surface area contributed by atoms with Crippen LogP contribution in [0, 0.1) is 20.2 Å². The second-order valence-electron chi connectivity index (χ2n) is 5.35. The molecule has 0 radical (unpaired) electrons. The maximum absolute atomic E-state index is 13.2. The van der Waals surface area contributed by atoms with E-state index in [0.717, 1.165) is 24.5 Å². The molecule has 0 aromatic heterocycles. The average molecular weight is 400 g/mol. The van der Waals surface area contributed by atoms with E-state index in [4.69, 9.17) is 4.52 Å². The lowest BCUT2D eigenvalue weighted by Gasteiger charge is -2.19. The first-order chi connectivity index (χ1) is 12.0. The Balaban J connectivity index is 2.57. The largest absolute Gasteiger partial charge is 0.439 e. The molecule has 10 nitrogen and oxygen atoms in total. The molecule has 1 atom stereocenters. The van der Waals surface area contributed by atoms with Crippen molar-refractivity contribution < 1.29 is 27.4 Å². The van der Waals surface area contributed by atoms with Crippen molar-refractivity contribution in [3.63, 3.8) is 0 Å². The molecule has 2 aromatic rings. The Labute approximate surface area is 148 Å². The highest BCUT2D eigenvalue weighted by atomic mass is 32.2. The highest BCUT2D eigenvalue weighted by Gasteiger charge is 2.33. The standard InChI is InChI=1S/C14H13N2O8PS/c1-26(22,23)10-25(21,14-5-3-2-4-6-14)24-13-8-11(15(17)18)7-12(9-13)16(19)20/h2-9H,10H2,1H3. The van der Waals surface area contributed by atoms with Crippen LogP contribution in [0.3, 0.4) is 0 Å². The van der Waals surface area contributed by atoms with Crippen LogP contribution in [0.2, 0.25) is 0 Å². The fourth-order valence-corrected chi connectivity index (χ4v) is 6.57. The van der Waals surface area contributed by atoms with E-state index in [9.17, 15) is 33.2 Å². The van der Waals surface area contributed by atoms with E-state index >= 15 is 0 Å². The van der Waals surface area contributed by atoms with E-state index < -0.39 is 49.7 Å². The predicted molar refractivity (Wildman–Crippen MR) is 93.8 cm³/mol. The summed E-state index contributed by atoms with van der Waals surface area (Å²) in [5.41, 5.74) is -2.15. The van der Waals surface area contributed by atoms with Crippen LogP contribution in [0.15, 0.2) is 48.5 Å². The van der Waals surface area contributed by atoms with Crippen LogP contribution in [-0.4, -0.2) is 30.0 Å². The number of benzene rings is 2. The molecule has 2 aromatic carbocycles. The summed E-state index contributed by atoms with van der Waals surface area (Å²) in [6.07, 6.45) is 0.863. The minimum Gasteiger partial charge on any atom is -0.439 e. The molecule has 0 saturated carbocycles. The second-order valence-corrected chi connectivity index (χ2v) is 10.3. The summed E-state index contributed by atoms with van der Waals surface area (Å²) in [5, 5.41) is 22.0. The van der Waals surface area contributed by atoms with E-state index in [2.05, 4.69) is 0 Å². The number of nitrogens with zero attached hydrogens (tertiary/aromatic N) is 2. The molecule has 1 unspecified atom stereocenters. The van der Waals surface area contributed by atoms with Crippen molar-refractivity contribution in [1.29, 1.82) is 0 Å². The average Bonchev–Trinajstić information content (AvgIpc) is 2.53. The molecular weight excluding hydrogens is 387 g/mol. The van der Waals surface area contributed by atoms with Gasteiger partial charge >= 0.3 is 0 Å². The molecule has 12 heteroatoms. The van der Waals surface area contributed by atoms with E-state index in [1.807, 2.05) is 0 Å². The highest BCUT2D eigenvalue weighted by Crippen LogP contribution is 2.48. The van der Waals surface area contributed by atoms with Gasteiger partial charge in [0.15, 0.2) is 9.84 Å². The molecule has 0 aliphatic heterocycles. The lowest BCUT2D eigenvalue weighted by atomic mass is 10.2. The van der Waals surface area contributed by atoms with Gasteiger partial charge < -0.3 is 4.52 Å². The summed E-state index contributed by atoms with van der Waals surface area (Å²) in [7, 11) is -7.81. The van der Waals surface area contributed by atoms with Crippen LogP contribution in [0.25, 0.3) is 0 Å². The minimum atomic E-state index is -4.05. The van der Waals surface area contributed by atoms with Crippen LogP contribution < -0.4 is 9.83 Å². The van der Waals surface area contributed by atoms with Gasteiger partial charge in [-0.15, -0.1) is 0 Å². The lowest BCUT2D eigenvalue weighted by molar-refractivity contribution is -0.394. The first kappa shape index (κ1) is 19.5. The minimum absolute atomic E-state index is 0.0691. The molecule has 0 heterocycles. The van der Waals surface area contributed by atoms with E-state index in [0.29, 0.717) is 0 Å². The number of hydrogen-bond acceptors (Lipinski definition) is 8. The van der Waals surface area contributed by atoms with Crippen molar-refractivity contribution >= 4 is 33.9 Å². The summed E-state index contributed by atoms with van der Waals surface area (Å²) < 4.78 is 41.9.